The summed E-state index contributed by atoms with van der Waals surface area (Å²) in [4.78, 5) is 10.0. The van der Waals surface area contributed by atoms with Gasteiger partial charge in [0, 0.05) is 12.4 Å². The molecule has 2 aliphatic carbocycles. The molecule has 3 heteroatoms. The summed E-state index contributed by atoms with van der Waals surface area (Å²) in [5.74, 6) is 1.55. The van der Waals surface area contributed by atoms with Crippen molar-refractivity contribution in [2.24, 2.45) is 0 Å². The van der Waals surface area contributed by atoms with Crippen molar-refractivity contribution in [1.29, 1.82) is 0 Å². The van der Waals surface area contributed by atoms with E-state index >= 15 is 0 Å². The van der Waals surface area contributed by atoms with Crippen LogP contribution in [0.25, 0.3) is 22.3 Å². The smallest absolute Gasteiger partial charge is 0.127 e. The summed E-state index contributed by atoms with van der Waals surface area (Å²) < 4.78 is 6.92. The van der Waals surface area contributed by atoms with Crippen LogP contribution >= 0.6 is 0 Å². The highest BCUT2D eigenvalue weighted by atomic mass is 16.5. The Bertz CT molecular complexity index is 2290. The van der Waals surface area contributed by atoms with Crippen molar-refractivity contribution in [3.05, 3.63) is 239 Å². The Morgan fingerprint density at radius 1 is 0.333 bits per heavy atom. The van der Waals surface area contributed by atoms with Crippen LogP contribution < -0.4 is 4.74 Å². The van der Waals surface area contributed by atoms with Gasteiger partial charge in [0.1, 0.15) is 11.5 Å². The van der Waals surface area contributed by atoms with Gasteiger partial charge in [0.05, 0.1) is 22.2 Å². The zero-order chi connectivity index (χ0) is 33.8. The zero-order valence-electron chi connectivity index (χ0n) is 27.8. The second kappa shape index (κ2) is 11.5. The quantitative estimate of drug-likeness (QED) is 0.179. The minimum absolute atomic E-state index is 0.602. The van der Waals surface area contributed by atoms with E-state index < -0.39 is 10.8 Å². The summed E-state index contributed by atoms with van der Waals surface area (Å²) in [6, 6.07) is 64.4. The van der Waals surface area contributed by atoms with Gasteiger partial charge in [-0.15, -0.1) is 0 Å². The number of rotatable bonds is 6. The van der Waals surface area contributed by atoms with Crippen LogP contribution in [0.15, 0.2) is 194 Å². The Morgan fingerprint density at radius 2 is 0.725 bits per heavy atom. The molecule has 6 aromatic carbocycles. The van der Waals surface area contributed by atoms with Gasteiger partial charge in [-0.1, -0.05) is 133 Å². The van der Waals surface area contributed by atoms with Gasteiger partial charge in [-0.25, -0.2) is 0 Å². The average molecular weight is 653 g/mol. The van der Waals surface area contributed by atoms with Gasteiger partial charge in [-0.3, -0.25) is 9.97 Å². The monoisotopic (exact) mass is 652 g/mol. The standard InChI is InChI=1S/C48H32N2O/c1-3-15-33(16-4-1)47(45-23-11-13-29-49-45)41-21-9-7-19-37(41)39-27-25-35(31-43(39)47)51-36-26-28-40-38-20-8-10-22-42(38)48(44(40)32-36,34-17-5-2-6-18-34)46-24-12-14-30-50-46/h1-32H. The summed E-state index contributed by atoms with van der Waals surface area (Å²) in [5.41, 5.74) is 12.7. The lowest BCUT2D eigenvalue weighted by Crippen LogP contribution is -2.29. The third-order valence-corrected chi connectivity index (χ3v) is 10.8. The van der Waals surface area contributed by atoms with Crippen molar-refractivity contribution in [3.63, 3.8) is 0 Å². The second-order valence-corrected chi connectivity index (χ2v) is 13.3. The van der Waals surface area contributed by atoms with Gasteiger partial charge in [0.2, 0.25) is 0 Å². The van der Waals surface area contributed by atoms with Gasteiger partial charge in [-0.2, -0.15) is 0 Å². The fraction of sp³-hybridized carbons (Fsp3) is 0.0417. The van der Waals surface area contributed by atoms with Crippen LogP contribution in [-0.4, -0.2) is 9.97 Å². The molecule has 0 spiro atoms. The molecular weight excluding hydrogens is 621 g/mol. The summed E-state index contributed by atoms with van der Waals surface area (Å²) in [5, 5.41) is 0. The molecule has 0 saturated carbocycles. The molecule has 3 nitrogen and oxygen atoms in total. The van der Waals surface area contributed by atoms with Crippen LogP contribution in [-0.2, 0) is 10.8 Å². The molecule has 0 fully saturated rings. The van der Waals surface area contributed by atoms with E-state index in [4.69, 9.17) is 14.7 Å². The van der Waals surface area contributed by atoms with Gasteiger partial charge >= 0.3 is 0 Å². The molecule has 2 atom stereocenters. The molecule has 51 heavy (non-hydrogen) atoms. The van der Waals surface area contributed by atoms with Crippen LogP contribution in [0.1, 0.15) is 44.8 Å². The van der Waals surface area contributed by atoms with Gasteiger partial charge in [0.15, 0.2) is 0 Å². The molecule has 0 saturated heterocycles. The Kier molecular flexibility index (Phi) is 6.62. The van der Waals surface area contributed by atoms with E-state index in [1.54, 1.807) is 0 Å². The molecular formula is C48H32N2O. The predicted molar refractivity (Wildman–Crippen MR) is 203 cm³/mol. The summed E-state index contributed by atoms with van der Waals surface area (Å²) in [6.45, 7) is 0. The Morgan fingerprint density at radius 3 is 1.16 bits per heavy atom. The Labute approximate surface area is 297 Å². The van der Waals surface area contributed by atoms with Crippen molar-refractivity contribution >= 4 is 0 Å². The molecule has 8 aromatic rings. The molecule has 2 aliphatic rings. The number of pyridine rings is 2. The number of hydrogen-bond acceptors (Lipinski definition) is 3. The maximum atomic E-state index is 6.92. The molecule has 0 aliphatic heterocycles. The van der Waals surface area contributed by atoms with Gasteiger partial charge in [0.25, 0.3) is 0 Å². The highest BCUT2D eigenvalue weighted by molar-refractivity contribution is 5.88. The van der Waals surface area contributed by atoms with Crippen LogP contribution in [0, 0.1) is 0 Å². The van der Waals surface area contributed by atoms with E-state index in [9.17, 15) is 0 Å². The summed E-state index contributed by atoms with van der Waals surface area (Å²) >= 11 is 0. The Hall–Kier alpha value is -6.58. The first-order valence-corrected chi connectivity index (χ1v) is 17.4. The first-order chi connectivity index (χ1) is 25.3. The first-order valence-electron chi connectivity index (χ1n) is 17.4. The number of hydrogen-bond donors (Lipinski definition) is 0. The average Bonchev–Trinajstić information content (AvgIpc) is 3.67. The highest BCUT2D eigenvalue weighted by Gasteiger charge is 2.49. The van der Waals surface area contributed by atoms with Crippen LogP contribution in [0.5, 0.6) is 11.5 Å². The van der Waals surface area contributed by atoms with Crippen LogP contribution in [0.2, 0.25) is 0 Å². The number of fused-ring (bicyclic) bond motifs is 6. The first kappa shape index (κ1) is 29.3. The van der Waals surface area contributed by atoms with E-state index in [2.05, 4.69) is 170 Å². The molecule has 0 bridgehead atoms. The third kappa shape index (κ3) is 4.18. The van der Waals surface area contributed by atoms with Crippen molar-refractivity contribution in [1.82, 2.24) is 9.97 Å². The van der Waals surface area contributed by atoms with Crippen molar-refractivity contribution in [3.8, 4) is 33.8 Å². The van der Waals surface area contributed by atoms with Gasteiger partial charge < -0.3 is 4.74 Å². The van der Waals surface area contributed by atoms with Crippen molar-refractivity contribution in [2.45, 2.75) is 10.8 Å². The molecule has 2 unspecified atom stereocenters. The normalized spacial score (nSPS) is 18.0. The van der Waals surface area contributed by atoms with E-state index in [0.717, 1.165) is 34.0 Å². The van der Waals surface area contributed by atoms with E-state index in [1.807, 2.05) is 24.5 Å². The van der Waals surface area contributed by atoms with E-state index in [-0.39, 0.29) is 0 Å². The lowest BCUT2D eigenvalue weighted by Gasteiger charge is -2.33. The maximum absolute atomic E-state index is 6.92. The van der Waals surface area contributed by atoms with E-state index in [0.29, 0.717) is 0 Å². The number of benzene rings is 6. The molecule has 0 radical (unpaired) electrons. The summed E-state index contributed by atoms with van der Waals surface area (Å²) in [6.07, 6.45) is 3.79. The topological polar surface area (TPSA) is 35.0 Å². The minimum atomic E-state index is -0.602. The molecule has 0 amide bonds. The maximum Gasteiger partial charge on any atom is 0.127 e. The second-order valence-electron chi connectivity index (χ2n) is 13.3. The molecule has 2 heterocycles. The third-order valence-electron chi connectivity index (χ3n) is 10.8. The van der Waals surface area contributed by atoms with Crippen LogP contribution in [0.4, 0.5) is 0 Å². The molecule has 10 rings (SSSR count). The lowest BCUT2D eigenvalue weighted by atomic mass is 9.69. The van der Waals surface area contributed by atoms with Crippen LogP contribution in [0.3, 0.4) is 0 Å². The fourth-order valence-corrected chi connectivity index (χ4v) is 8.80. The van der Waals surface area contributed by atoms with E-state index in [1.165, 1.54) is 44.5 Å². The lowest BCUT2D eigenvalue weighted by molar-refractivity contribution is 0.480. The molecule has 240 valence electrons. The molecule has 0 N–H and O–H groups in total. The number of nitrogens with zero attached hydrogens (tertiary/aromatic N) is 2. The zero-order valence-corrected chi connectivity index (χ0v) is 27.8. The Balaban J connectivity index is 1.16. The predicted octanol–water partition coefficient (Wildman–Crippen LogP) is 11.0. The fourth-order valence-electron chi connectivity index (χ4n) is 8.80. The number of ether oxygens (including phenoxy) is 1. The van der Waals surface area contributed by atoms with Gasteiger partial charge in [-0.05, 0) is 104 Å². The highest BCUT2D eigenvalue weighted by Crippen LogP contribution is 2.58. The number of aromatic nitrogens is 2. The van der Waals surface area contributed by atoms with Crippen molar-refractivity contribution < 1.29 is 4.74 Å². The van der Waals surface area contributed by atoms with Crippen molar-refractivity contribution in [2.75, 3.05) is 0 Å². The SMILES string of the molecule is c1ccc(C2(c3ccccn3)c3ccccc3-c3ccc(Oc4ccc5c(c4)C(c4ccccc4)(c4ccccn4)c4ccccc4-5)cc32)cc1. The minimum Gasteiger partial charge on any atom is -0.457 e. The summed E-state index contributed by atoms with van der Waals surface area (Å²) in [7, 11) is 0. The molecule has 2 aromatic heterocycles. The largest absolute Gasteiger partial charge is 0.457 e.